The molecule has 0 aliphatic carbocycles. The van der Waals surface area contributed by atoms with Crippen LogP contribution < -0.4 is 5.32 Å². The number of nitrogens with zero attached hydrogens (tertiary/aromatic N) is 1. The second-order valence-electron chi connectivity index (χ2n) is 4.74. The molecule has 0 fully saturated rings. The number of rotatable bonds is 4. The van der Waals surface area contributed by atoms with Crippen molar-refractivity contribution in [2.45, 2.75) is 26.9 Å². The molecule has 2 aromatic rings. The second-order valence-corrected chi connectivity index (χ2v) is 4.74. The van der Waals surface area contributed by atoms with Crippen LogP contribution in [-0.2, 0) is 9.53 Å². The molecule has 1 aromatic carbocycles. The van der Waals surface area contributed by atoms with E-state index in [-0.39, 0.29) is 5.76 Å². The van der Waals surface area contributed by atoms with E-state index < -0.39 is 18.0 Å². The van der Waals surface area contributed by atoms with Crippen molar-refractivity contribution in [3.8, 4) is 0 Å². The van der Waals surface area contributed by atoms with Crippen LogP contribution in [0.1, 0.15) is 28.7 Å². The Hall–Kier alpha value is -2.63. The highest BCUT2D eigenvalue weighted by Crippen LogP contribution is 2.11. The average Bonchev–Trinajstić information content (AvgIpc) is 2.88. The van der Waals surface area contributed by atoms with Crippen molar-refractivity contribution in [1.29, 1.82) is 0 Å². The Kier molecular flexibility index (Phi) is 4.37. The number of esters is 1. The maximum Gasteiger partial charge on any atom is 0.377 e. The normalized spacial score (nSPS) is 11.8. The zero-order valence-corrected chi connectivity index (χ0v) is 12.0. The minimum Gasteiger partial charge on any atom is -0.447 e. The average molecular weight is 288 g/mol. The van der Waals surface area contributed by atoms with Crippen LogP contribution in [0.4, 0.5) is 5.69 Å². The number of carbonyl (C=O) groups is 2. The van der Waals surface area contributed by atoms with Crippen LogP contribution in [0.2, 0.25) is 0 Å². The third-order valence-electron chi connectivity index (χ3n) is 2.80. The Morgan fingerprint density at radius 1 is 1.24 bits per heavy atom. The summed E-state index contributed by atoms with van der Waals surface area (Å²) in [7, 11) is 0. The fourth-order valence-electron chi connectivity index (χ4n) is 1.61. The maximum absolute atomic E-state index is 11.9. The van der Waals surface area contributed by atoms with Gasteiger partial charge in [0, 0.05) is 11.8 Å². The molecule has 0 unspecified atom stereocenters. The zero-order valence-electron chi connectivity index (χ0n) is 12.0. The highest BCUT2D eigenvalue weighted by atomic mass is 16.6. The Morgan fingerprint density at radius 3 is 2.48 bits per heavy atom. The number of aromatic nitrogens is 1. The summed E-state index contributed by atoms with van der Waals surface area (Å²) in [6.45, 7) is 5.13. The molecule has 0 saturated carbocycles. The highest BCUT2D eigenvalue weighted by Gasteiger charge is 2.21. The monoisotopic (exact) mass is 288 g/mol. The lowest BCUT2D eigenvalue weighted by molar-refractivity contribution is -0.123. The quantitative estimate of drug-likeness (QED) is 0.874. The first kappa shape index (κ1) is 14.8. The number of benzene rings is 1. The van der Waals surface area contributed by atoms with Gasteiger partial charge >= 0.3 is 5.97 Å². The van der Waals surface area contributed by atoms with Crippen molar-refractivity contribution >= 4 is 17.6 Å². The van der Waals surface area contributed by atoms with Crippen LogP contribution >= 0.6 is 0 Å². The minimum atomic E-state index is -0.941. The van der Waals surface area contributed by atoms with E-state index in [1.54, 1.807) is 19.1 Å². The van der Waals surface area contributed by atoms with Gasteiger partial charge in [0.15, 0.2) is 6.10 Å². The van der Waals surface area contributed by atoms with Gasteiger partial charge in [-0.05, 0) is 32.9 Å². The van der Waals surface area contributed by atoms with Crippen molar-refractivity contribution in [3.05, 3.63) is 47.3 Å². The summed E-state index contributed by atoms with van der Waals surface area (Å²) in [5.41, 5.74) is 2.30. The SMILES string of the molecule is Cc1ccc(NC(=O)[C@@H](C)OC(=O)c2cc(C)no2)cc1. The molecule has 2 rings (SSSR count). The van der Waals surface area contributed by atoms with Gasteiger partial charge < -0.3 is 14.6 Å². The highest BCUT2D eigenvalue weighted by molar-refractivity contribution is 5.96. The van der Waals surface area contributed by atoms with E-state index in [1.807, 2.05) is 19.1 Å². The van der Waals surface area contributed by atoms with Gasteiger partial charge in [-0.15, -0.1) is 0 Å². The van der Waals surface area contributed by atoms with Crippen molar-refractivity contribution in [2.24, 2.45) is 0 Å². The molecule has 110 valence electrons. The van der Waals surface area contributed by atoms with E-state index in [0.717, 1.165) is 5.56 Å². The van der Waals surface area contributed by atoms with E-state index in [2.05, 4.69) is 10.5 Å². The number of amides is 1. The van der Waals surface area contributed by atoms with Gasteiger partial charge in [0.2, 0.25) is 5.76 Å². The van der Waals surface area contributed by atoms with E-state index in [9.17, 15) is 9.59 Å². The Morgan fingerprint density at radius 2 is 1.90 bits per heavy atom. The summed E-state index contributed by atoms with van der Waals surface area (Å²) in [5, 5.41) is 6.26. The number of anilines is 1. The standard InChI is InChI=1S/C15H16N2O4/c1-9-4-6-12(7-5-9)16-14(18)11(3)20-15(19)13-8-10(2)17-21-13/h4-8,11H,1-3H3,(H,16,18)/t11-/m1/s1. The molecule has 1 aromatic heterocycles. The molecule has 0 spiro atoms. The largest absolute Gasteiger partial charge is 0.447 e. The van der Waals surface area contributed by atoms with Gasteiger partial charge in [0.25, 0.3) is 5.91 Å². The van der Waals surface area contributed by atoms with Crippen molar-refractivity contribution < 1.29 is 18.8 Å². The summed E-state index contributed by atoms with van der Waals surface area (Å²) in [4.78, 5) is 23.7. The molecule has 0 saturated heterocycles. The lowest BCUT2D eigenvalue weighted by Crippen LogP contribution is -2.29. The number of aryl methyl sites for hydroxylation is 2. The molecule has 21 heavy (non-hydrogen) atoms. The molecule has 6 heteroatoms. The first-order valence-electron chi connectivity index (χ1n) is 6.47. The number of carbonyl (C=O) groups excluding carboxylic acids is 2. The fraction of sp³-hybridized carbons (Fsp3) is 0.267. The first-order chi connectivity index (χ1) is 9.95. The Balaban J connectivity index is 1.93. The van der Waals surface area contributed by atoms with Gasteiger partial charge in [-0.2, -0.15) is 0 Å². The van der Waals surface area contributed by atoms with Crippen LogP contribution in [0, 0.1) is 13.8 Å². The topological polar surface area (TPSA) is 81.4 Å². The van der Waals surface area contributed by atoms with Crippen LogP contribution in [-0.4, -0.2) is 23.1 Å². The van der Waals surface area contributed by atoms with Crippen molar-refractivity contribution in [3.63, 3.8) is 0 Å². The molecule has 1 heterocycles. The summed E-state index contributed by atoms with van der Waals surface area (Å²) >= 11 is 0. The molecule has 0 aliphatic heterocycles. The van der Waals surface area contributed by atoms with E-state index in [4.69, 9.17) is 9.26 Å². The first-order valence-corrected chi connectivity index (χ1v) is 6.47. The number of hydrogen-bond acceptors (Lipinski definition) is 5. The maximum atomic E-state index is 11.9. The van der Waals surface area contributed by atoms with Crippen LogP contribution in [0.5, 0.6) is 0 Å². The number of hydrogen-bond donors (Lipinski definition) is 1. The second kappa shape index (κ2) is 6.21. The minimum absolute atomic E-state index is 0.0255. The molecule has 0 aliphatic rings. The lowest BCUT2D eigenvalue weighted by Gasteiger charge is -2.12. The molecule has 0 radical (unpaired) electrons. The van der Waals surface area contributed by atoms with Gasteiger partial charge in [-0.25, -0.2) is 4.79 Å². The van der Waals surface area contributed by atoms with Crippen molar-refractivity contribution in [2.75, 3.05) is 5.32 Å². The van der Waals surface area contributed by atoms with Gasteiger partial charge in [0.05, 0.1) is 5.69 Å². The Bertz CT molecular complexity index is 646. The van der Waals surface area contributed by atoms with E-state index in [0.29, 0.717) is 11.4 Å². The van der Waals surface area contributed by atoms with E-state index in [1.165, 1.54) is 13.0 Å². The molecule has 0 bridgehead atoms. The summed E-state index contributed by atoms with van der Waals surface area (Å²) < 4.78 is 9.80. The summed E-state index contributed by atoms with van der Waals surface area (Å²) in [6, 6.07) is 8.77. The predicted molar refractivity (Wildman–Crippen MR) is 75.9 cm³/mol. The molecule has 1 amide bonds. The molecule has 1 N–H and O–H groups in total. The molecular formula is C15H16N2O4. The Labute approximate surface area is 122 Å². The smallest absolute Gasteiger partial charge is 0.377 e. The van der Waals surface area contributed by atoms with Crippen LogP contribution in [0.25, 0.3) is 0 Å². The lowest BCUT2D eigenvalue weighted by atomic mass is 10.2. The van der Waals surface area contributed by atoms with Gasteiger partial charge in [-0.3, -0.25) is 4.79 Å². The zero-order chi connectivity index (χ0) is 15.4. The fourth-order valence-corrected chi connectivity index (χ4v) is 1.61. The molecular weight excluding hydrogens is 272 g/mol. The van der Waals surface area contributed by atoms with Crippen LogP contribution in [0.3, 0.4) is 0 Å². The van der Waals surface area contributed by atoms with E-state index >= 15 is 0 Å². The molecule has 1 atom stereocenters. The summed E-state index contributed by atoms with van der Waals surface area (Å²) in [6.07, 6.45) is -0.941. The number of ether oxygens (including phenoxy) is 1. The van der Waals surface area contributed by atoms with Crippen molar-refractivity contribution in [1.82, 2.24) is 5.16 Å². The van der Waals surface area contributed by atoms with Crippen LogP contribution in [0.15, 0.2) is 34.9 Å². The number of nitrogens with one attached hydrogen (secondary N) is 1. The third-order valence-corrected chi connectivity index (χ3v) is 2.80. The predicted octanol–water partition coefficient (Wildman–Crippen LogP) is 2.48. The molecule has 6 nitrogen and oxygen atoms in total. The summed E-state index contributed by atoms with van der Waals surface area (Å²) in [5.74, 6) is -1.16. The van der Waals surface area contributed by atoms with Gasteiger partial charge in [0.1, 0.15) is 0 Å². The van der Waals surface area contributed by atoms with Gasteiger partial charge in [-0.1, -0.05) is 22.9 Å². The third kappa shape index (κ3) is 3.92.